The minimum Gasteiger partial charge on any atom is -0.349 e. The summed E-state index contributed by atoms with van der Waals surface area (Å²) in [6, 6.07) is 19.6. The van der Waals surface area contributed by atoms with Crippen LogP contribution in [-0.4, -0.2) is 18.1 Å². The van der Waals surface area contributed by atoms with E-state index in [4.69, 9.17) is 4.98 Å². The summed E-state index contributed by atoms with van der Waals surface area (Å²) in [6.07, 6.45) is 3.42. The number of benzene rings is 2. The number of nitrogens with zero attached hydrogens (tertiary/aromatic N) is 2. The van der Waals surface area contributed by atoms with Gasteiger partial charge in [0.1, 0.15) is 0 Å². The zero-order valence-corrected chi connectivity index (χ0v) is 17.8. The molecule has 4 heteroatoms. The standard InChI is InChI=1S/C22H25BrN2S/c1-3-25(4-2)22-24-20(21(23)26-22)19-15-13-18(14-16-19)12-8-11-17-9-6-5-7-10-17/h5-7,9-10,13-16H,3-4,8,11-12H2,1-2H3. The number of aromatic nitrogens is 1. The number of hydrogen-bond donors (Lipinski definition) is 0. The van der Waals surface area contributed by atoms with Gasteiger partial charge in [-0.1, -0.05) is 65.9 Å². The predicted octanol–water partition coefficient (Wildman–Crippen LogP) is 6.59. The van der Waals surface area contributed by atoms with Gasteiger partial charge in [-0.05, 0) is 60.2 Å². The molecular formula is C22H25BrN2S. The van der Waals surface area contributed by atoms with Crippen LogP contribution in [0.2, 0.25) is 0 Å². The number of thiazole rings is 1. The molecule has 0 N–H and O–H groups in total. The molecule has 0 aliphatic rings. The Kier molecular flexibility index (Phi) is 6.86. The van der Waals surface area contributed by atoms with Gasteiger partial charge in [-0.3, -0.25) is 0 Å². The number of anilines is 1. The van der Waals surface area contributed by atoms with Crippen LogP contribution in [0, 0.1) is 0 Å². The summed E-state index contributed by atoms with van der Waals surface area (Å²) < 4.78 is 1.11. The summed E-state index contributed by atoms with van der Waals surface area (Å²) in [4.78, 5) is 7.14. The van der Waals surface area contributed by atoms with E-state index >= 15 is 0 Å². The van der Waals surface area contributed by atoms with Crippen molar-refractivity contribution in [3.05, 3.63) is 69.5 Å². The quantitative estimate of drug-likeness (QED) is 0.401. The molecule has 0 amide bonds. The highest BCUT2D eigenvalue weighted by Gasteiger charge is 2.14. The van der Waals surface area contributed by atoms with Crippen LogP contribution in [0.3, 0.4) is 0 Å². The van der Waals surface area contributed by atoms with Crippen LogP contribution >= 0.6 is 27.3 Å². The van der Waals surface area contributed by atoms with Gasteiger partial charge in [0.2, 0.25) is 0 Å². The fourth-order valence-corrected chi connectivity index (χ4v) is 4.77. The molecule has 0 bridgehead atoms. The van der Waals surface area contributed by atoms with Crippen LogP contribution in [0.4, 0.5) is 5.13 Å². The minimum atomic E-state index is 0.982. The zero-order valence-electron chi connectivity index (χ0n) is 15.4. The van der Waals surface area contributed by atoms with Gasteiger partial charge < -0.3 is 4.90 Å². The lowest BCUT2D eigenvalue weighted by Gasteiger charge is -2.16. The first-order valence-corrected chi connectivity index (χ1v) is 10.9. The van der Waals surface area contributed by atoms with Gasteiger partial charge in [-0.25, -0.2) is 4.98 Å². The van der Waals surface area contributed by atoms with Crippen molar-refractivity contribution >= 4 is 32.4 Å². The molecule has 0 unspecified atom stereocenters. The number of rotatable bonds is 8. The fourth-order valence-electron chi connectivity index (χ4n) is 3.07. The van der Waals surface area contributed by atoms with E-state index in [1.54, 1.807) is 11.3 Å². The first-order valence-electron chi connectivity index (χ1n) is 9.25. The number of aryl methyl sites for hydroxylation is 2. The summed E-state index contributed by atoms with van der Waals surface area (Å²) in [5, 5.41) is 1.09. The average Bonchev–Trinajstić information content (AvgIpc) is 3.06. The fraction of sp³-hybridized carbons (Fsp3) is 0.318. The highest BCUT2D eigenvalue weighted by Crippen LogP contribution is 2.37. The zero-order chi connectivity index (χ0) is 18.4. The van der Waals surface area contributed by atoms with Crippen molar-refractivity contribution in [2.75, 3.05) is 18.0 Å². The lowest BCUT2D eigenvalue weighted by atomic mass is 10.0. The van der Waals surface area contributed by atoms with Gasteiger partial charge in [-0.15, -0.1) is 0 Å². The molecule has 0 atom stereocenters. The van der Waals surface area contributed by atoms with Crippen LogP contribution < -0.4 is 4.90 Å². The normalized spacial score (nSPS) is 10.9. The second-order valence-electron chi connectivity index (χ2n) is 6.33. The van der Waals surface area contributed by atoms with Crippen molar-refractivity contribution in [3.63, 3.8) is 0 Å². The highest BCUT2D eigenvalue weighted by atomic mass is 79.9. The highest BCUT2D eigenvalue weighted by molar-refractivity contribution is 9.11. The molecule has 2 nitrogen and oxygen atoms in total. The lowest BCUT2D eigenvalue weighted by molar-refractivity contribution is 0.821. The van der Waals surface area contributed by atoms with Crippen molar-refractivity contribution in [1.82, 2.24) is 4.98 Å². The number of hydrogen-bond acceptors (Lipinski definition) is 3. The first-order chi connectivity index (χ1) is 12.7. The van der Waals surface area contributed by atoms with Crippen molar-refractivity contribution in [1.29, 1.82) is 0 Å². The van der Waals surface area contributed by atoms with E-state index in [0.29, 0.717) is 0 Å². The predicted molar refractivity (Wildman–Crippen MR) is 117 cm³/mol. The van der Waals surface area contributed by atoms with Crippen LogP contribution in [0.15, 0.2) is 58.4 Å². The van der Waals surface area contributed by atoms with Gasteiger partial charge in [0, 0.05) is 18.7 Å². The van der Waals surface area contributed by atoms with Crippen LogP contribution in [0.5, 0.6) is 0 Å². The van der Waals surface area contributed by atoms with Gasteiger partial charge in [0.15, 0.2) is 5.13 Å². The van der Waals surface area contributed by atoms with E-state index in [9.17, 15) is 0 Å². The SMILES string of the molecule is CCN(CC)c1nc(-c2ccc(CCCc3ccccc3)cc2)c(Br)s1. The van der Waals surface area contributed by atoms with Crippen molar-refractivity contribution in [2.45, 2.75) is 33.1 Å². The molecule has 3 aromatic rings. The summed E-state index contributed by atoms with van der Waals surface area (Å²) in [5.74, 6) is 0. The second-order valence-corrected chi connectivity index (χ2v) is 8.62. The molecule has 1 aromatic heterocycles. The molecule has 0 saturated heterocycles. The van der Waals surface area contributed by atoms with Crippen molar-refractivity contribution in [3.8, 4) is 11.3 Å². The van der Waals surface area contributed by atoms with Crippen LogP contribution in [-0.2, 0) is 12.8 Å². The first kappa shape index (κ1) is 19.1. The molecule has 2 aromatic carbocycles. The lowest BCUT2D eigenvalue weighted by Crippen LogP contribution is -2.21. The Morgan fingerprint density at radius 3 is 2.12 bits per heavy atom. The topological polar surface area (TPSA) is 16.1 Å². The van der Waals surface area contributed by atoms with E-state index < -0.39 is 0 Å². The maximum absolute atomic E-state index is 4.85. The van der Waals surface area contributed by atoms with E-state index in [2.05, 4.69) is 89.3 Å². The molecule has 0 radical (unpaired) electrons. The Bertz CT molecular complexity index is 808. The molecule has 0 aliphatic heterocycles. The molecule has 136 valence electrons. The maximum atomic E-state index is 4.85. The third-order valence-corrected chi connectivity index (χ3v) is 6.38. The molecule has 3 rings (SSSR count). The Hall–Kier alpha value is -1.65. The Morgan fingerprint density at radius 2 is 1.50 bits per heavy atom. The Balaban J connectivity index is 1.64. The second kappa shape index (κ2) is 9.33. The monoisotopic (exact) mass is 428 g/mol. The number of halogens is 1. The smallest absolute Gasteiger partial charge is 0.186 e. The average molecular weight is 429 g/mol. The van der Waals surface area contributed by atoms with Gasteiger partial charge in [0.25, 0.3) is 0 Å². The third-order valence-electron chi connectivity index (χ3n) is 4.61. The van der Waals surface area contributed by atoms with E-state index in [1.165, 1.54) is 23.1 Å². The minimum absolute atomic E-state index is 0.982. The van der Waals surface area contributed by atoms with Gasteiger partial charge in [-0.2, -0.15) is 0 Å². The summed E-state index contributed by atoms with van der Waals surface area (Å²) in [7, 11) is 0. The molecule has 0 fully saturated rings. The van der Waals surface area contributed by atoms with Crippen molar-refractivity contribution in [2.24, 2.45) is 0 Å². The third kappa shape index (κ3) is 4.74. The molecule has 1 heterocycles. The molecule has 0 saturated carbocycles. The Labute approximate surface area is 169 Å². The maximum Gasteiger partial charge on any atom is 0.186 e. The summed E-state index contributed by atoms with van der Waals surface area (Å²) >= 11 is 5.41. The molecule has 0 aliphatic carbocycles. The largest absolute Gasteiger partial charge is 0.349 e. The van der Waals surface area contributed by atoms with Crippen LogP contribution in [0.25, 0.3) is 11.3 Å². The Morgan fingerprint density at radius 1 is 0.885 bits per heavy atom. The molecule has 26 heavy (non-hydrogen) atoms. The van der Waals surface area contributed by atoms with E-state index in [0.717, 1.165) is 40.5 Å². The van der Waals surface area contributed by atoms with Crippen LogP contribution in [0.1, 0.15) is 31.4 Å². The van der Waals surface area contributed by atoms with Gasteiger partial charge >= 0.3 is 0 Å². The van der Waals surface area contributed by atoms with Gasteiger partial charge in [0.05, 0.1) is 9.48 Å². The summed E-state index contributed by atoms with van der Waals surface area (Å²) in [6.45, 7) is 6.30. The summed E-state index contributed by atoms with van der Waals surface area (Å²) in [5.41, 5.74) is 5.03. The molecular weight excluding hydrogens is 404 g/mol. The van der Waals surface area contributed by atoms with E-state index in [1.807, 2.05) is 0 Å². The molecule has 0 spiro atoms. The van der Waals surface area contributed by atoms with Crippen molar-refractivity contribution < 1.29 is 0 Å². The van der Waals surface area contributed by atoms with E-state index in [-0.39, 0.29) is 0 Å².